The van der Waals surface area contributed by atoms with Crippen molar-refractivity contribution >= 4 is 26.0 Å². The number of rotatable bonds is 5. The van der Waals surface area contributed by atoms with Gasteiger partial charge in [0.25, 0.3) is 0 Å². The Hall–Kier alpha value is -0.630. The summed E-state index contributed by atoms with van der Waals surface area (Å²) in [6.45, 7) is 3.99. The molecule has 0 aromatic heterocycles. The van der Waals surface area contributed by atoms with Gasteiger partial charge in [-0.3, -0.25) is 0 Å². The maximum atomic E-state index is 11.9. The first-order chi connectivity index (χ1) is 9.38. The van der Waals surface area contributed by atoms with E-state index >= 15 is 0 Å². The quantitative estimate of drug-likeness (QED) is 0.867. The van der Waals surface area contributed by atoms with Gasteiger partial charge in [0.15, 0.2) is 0 Å². The van der Waals surface area contributed by atoms with Crippen LogP contribution in [0.1, 0.15) is 13.8 Å². The van der Waals surface area contributed by atoms with Gasteiger partial charge in [-0.1, -0.05) is 15.9 Å². The highest BCUT2D eigenvalue weighted by Crippen LogP contribution is 2.20. The third-order valence-electron chi connectivity index (χ3n) is 3.07. The minimum absolute atomic E-state index is 0.315. The Morgan fingerprint density at radius 2 is 1.95 bits per heavy atom. The molecule has 2 rings (SSSR count). The number of hydrogen-bond donors (Lipinski definition) is 1. The van der Waals surface area contributed by atoms with Gasteiger partial charge in [0.05, 0.1) is 24.5 Å². The van der Waals surface area contributed by atoms with Gasteiger partial charge in [0, 0.05) is 4.47 Å². The van der Waals surface area contributed by atoms with Gasteiger partial charge in [0.2, 0.25) is 10.0 Å². The third-order valence-corrected chi connectivity index (χ3v) is 5.47. The molecular formula is C13H18BrNO4S. The van der Waals surface area contributed by atoms with Crippen LogP contribution in [-0.2, 0) is 14.8 Å². The number of benzene rings is 1. The van der Waals surface area contributed by atoms with Crippen molar-refractivity contribution in [3.8, 4) is 5.75 Å². The molecule has 1 aliphatic rings. The predicted octanol–water partition coefficient (Wildman–Crippen LogP) is 1.92. The van der Waals surface area contributed by atoms with E-state index in [0.717, 1.165) is 4.47 Å². The summed E-state index contributed by atoms with van der Waals surface area (Å²) in [5.41, 5.74) is 0. The monoisotopic (exact) mass is 363 g/mol. The van der Waals surface area contributed by atoms with E-state index in [0.29, 0.717) is 19.0 Å². The summed E-state index contributed by atoms with van der Waals surface area (Å²) in [6, 6.07) is 7.05. The first kappa shape index (κ1) is 15.8. The molecule has 1 N–H and O–H groups in total. The van der Waals surface area contributed by atoms with Gasteiger partial charge >= 0.3 is 0 Å². The van der Waals surface area contributed by atoms with Gasteiger partial charge in [-0.2, -0.15) is 0 Å². The molecule has 7 heteroatoms. The molecule has 0 amide bonds. The second-order valence-corrected chi connectivity index (χ2v) is 8.15. The molecule has 1 heterocycles. The average molecular weight is 364 g/mol. The lowest BCUT2D eigenvalue weighted by Gasteiger charge is -2.21. The molecule has 1 fully saturated rings. The standard InChI is InChI=1S/C13H18BrNO4S/c1-9(2)20(16,17)15-12-7-18-8-13(12)19-11-5-3-10(14)4-6-11/h3-6,9,12-13,15H,7-8H2,1-2H3/t12-,13+/m1/s1. The molecule has 0 aliphatic carbocycles. The fraction of sp³-hybridized carbons (Fsp3) is 0.538. The van der Waals surface area contributed by atoms with Gasteiger partial charge in [-0.15, -0.1) is 0 Å². The highest BCUT2D eigenvalue weighted by molar-refractivity contribution is 9.10. The van der Waals surface area contributed by atoms with Crippen LogP contribution in [0.4, 0.5) is 0 Å². The fourth-order valence-corrected chi connectivity index (χ4v) is 2.97. The molecule has 0 spiro atoms. The molecule has 1 saturated heterocycles. The largest absolute Gasteiger partial charge is 0.486 e. The van der Waals surface area contributed by atoms with Crippen molar-refractivity contribution in [3.63, 3.8) is 0 Å². The molecule has 0 unspecified atom stereocenters. The number of ether oxygens (including phenoxy) is 2. The SMILES string of the molecule is CC(C)S(=O)(=O)N[C@@H]1COC[C@@H]1Oc1ccc(Br)cc1. The highest BCUT2D eigenvalue weighted by Gasteiger charge is 2.34. The zero-order valence-corrected chi connectivity index (χ0v) is 13.8. The Balaban J connectivity index is 2.02. The number of hydrogen-bond acceptors (Lipinski definition) is 4. The van der Waals surface area contributed by atoms with Crippen molar-refractivity contribution < 1.29 is 17.9 Å². The summed E-state index contributed by atoms with van der Waals surface area (Å²) in [7, 11) is -3.33. The van der Waals surface area contributed by atoms with Crippen LogP contribution in [0.3, 0.4) is 0 Å². The Kier molecular flexibility index (Phi) is 5.06. The number of nitrogens with one attached hydrogen (secondary N) is 1. The van der Waals surface area contributed by atoms with Crippen molar-refractivity contribution in [2.24, 2.45) is 0 Å². The molecule has 0 bridgehead atoms. The van der Waals surface area contributed by atoms with Crippen molar-refractivity contribution in [1.82, 2.24) is 4.72 Å². The van der Waals surface area contributed by atoms with Crippen LogP contribution in [0.15, 0.2) is 28.7 Å². The van der Waals surface area contributed by atoms with E-state index in [1.807, 2.05) is 24.3 Å². The van der Waals surface area contributed by atoms with Crippen LogP contribution in [0, 0.1) is 0 Å². The van der Waals surface area contributed by atoms with E-state index in [2.05, 4.69) is 20.7 Å². The van der Waals surface area contributed by atoms with E-state index in [4.69, 9.17) is 9.47 Å². The molecule has 1 aromatic carbocycles. The molecule has 0 radical (unpaired) electrons. The van der Waals surface area contributed by atoms with E-state index < -0.39 is 15.3 Å². The second kappa shape index (κ2) is 6.43. The Labute approximate surface area is 127 Å². The topological polar surface area (TPSA) is 64.6 Å². The number of sulfonamides is 1. The Bertz CT molecular complexity index is 544. The van der Waals surface area contributed by atoms with E-state index in [9.17, 15) is 8.42 Å². The van der Waals surface area contributed by atoms with Crippen molar-refractivity contribution in [2.45, 2.75) is 31.2 Å². The molecule has 5 nitrogen and oxygen atoms in total. The normalized spacial score (nSPS) is 23.2. The van der Waals surface area contributed by atoms with Crippen LogP contribution >= 0.6 is 15.9 Å². The van der Waals surface area contributed by atoms with Gasteiger partial charge in [-0.25, -0.2) is 13.1 Å². The smallest absolute Gasteiger partial charge is 0.214 e. The first-order valence-corrected chi connectivity index (χ1v) is 8.73. The summed E-state index contributed by atoms with van der Waals surface area (Å²) in [5.74, 6) is 0.692. The van der Waals surface area contributed by atoms with Gasteiger partial charge < -0.3 is 9.47 Å². The molecule has 2 atom stereocenters. The molecule has 1 aromatic rings. The lowest BCUT2D eigenvalue weighted by atomic mass is 10.2. The van der Waals surface area contributed by atoms with Crippen molar-refractivity contribution in [3.05, 3.63) is 28.7 Å². The molecule has 0 saturated carbocycles. The lowest BCUT2D eigenvalue weighted by molar-refractivity contribution is 0.140. The van der Waals surface area contributed by atoms with Crippen molar-refractivity contribution in [1.29, 1.82) is 0 Å². The lowest BCUT2D eigenvalue weighted by Crippen LogP contribution is -2.47. The third kappa shape index (κ3) is 3.94. The summed E-state index contributed by atoms with van der Waals surface area (Å²) in [6.07, 6.45) is -0.315. The average Bonchev–Trinajstić information content (AvgIpc) is 2.79. The summed E-state index contributed by atoms with van der Waals surface area (Å²) in [5, 5.41) is -0.476. The minimum atomic E-state index is -3.33. The zero-order chi connectivity index (χ0) is 14.8. The summed E-state index contributed by atoms with van der Waals surface area (Å²) < 4.78 is 38.5. The predicted molar refractivity (Wildman–Crippen MR) is 80.4 cm³/mol. The first-order valence-electron chi connectivity index (χ1n) is 6.39. The minimum Gasteiger partial charge on any atom is -0.486 e. The van der Waals surface area contributed by atoms with E-state index in [1.54, 1.807) is 13.8 Å². The van der Waals surface area contributed by atoms with E-state index in [1.165, 1.54) is 0 Å². The van der Waals surface area contributed by atoms with Gasteiger partial charge in [0.1, 0.15) is 11.9 Å². The molecule has 112 valence electrons. The zero-order valence-electron chi connectivity index (χ0n) is 11.4. The van der Waals surface area contributed by atoms with Crippen LogP contribution in [0.5, 0.6) is 5.75 Å². The van der Waals surface area contributed by atoms with Crippen LogP contribution in [0.25, 0.3) is 0 Å². The summed E-state index contributed by atoms with van der Waals surface area (Å²) >= 11 is 3.35. The maximum Gasteiger partial charge on any atom is 0.214 e. The highest BCUT2D eigenvalue weighted by atomic mass is 79.9. The van der Waals surface area contributed by atoms with Gasteiger partial charge in [-0.05, 0) is 38.1 Å². The fourth-order valence-electron chi connectivity index (χ4n) is 1.80. The van der Waals surface area contributed by atoms with Crippen LogP contribution < -0.4 is 9.46 Å². The number of halogens is 1. The molecular weight excluding hydrogens is 346 g/mol. The van der Waals surface area contributed by atoms with Crippen LogP contribution in [0.2, 0.25) is 0 Å². The molecule has 1 aliphatic heterocycles. The Morgan fingerprint density at radius 3 is 2.55 bits per heavy atom. The summed E-state index contributed by atoms with van der Waals surface area (Å²) in [4.78, 5) is 0. The van der Waals surface area contributed by atoms with Crippen molar-refractivity contribution in [2.75, 3.05) is 13.2 Å². The van der Waals surface area contributed by atoms with E-state index in [-0.39, 0.29) is 12.1 Å². The Morgan fingerprint density at radius 1 is 1.30 bits per heavy atom. The maximum absolute atomic E-state index is 11.9. The second-order valence-electron chi connectivity index (χ2n) is 4.97. The molecule has 20 heavy (non-hydrogen) atoms. The van der Waals surface area contributed by atoms with Crippen LogP contribution in [-0.4, -0.2) is 39.0 Å².